The van der Waals surface area contributed by atoms with Gasteiger partial charge >= 0.3 is 0 Å². The summed E-state index contributed by atoms with van der Waals surface area (Å²) < 4.78 is 43.7. The molecule has 0 fully saturated rings. The lowest BCUT2D eigenvalue weighted by molar-refractivity contribution is 0.127. The van der Waals surface area contributed by atoms with E-state index in [9.17, 15) is 13.2 Å². The monoisotopic (exact) mass is 247 g/mol. The molecule has 0 aliphatic rings. The summed E-state index contributed by atoms with van der Waals surface area (Å²) in [5.41, 5.74) is 0.366. The van der Waals surface area contributed by atoms with Gasteiger partial charge in [0.1, 0.15) is 0 Å². The third-order valence-electron chi connectivity index (χ3n) is 2.27. The number of rotatable bonds is 6. The van der Waals surface area contributed by atoms with Crippen molar-refractivity contribution in [3.05, 3.63) is 35.1 Å². The summed E-state index contributed by atoms with van der Waals surface area (Å²) in [5.74, 6) is -3.77. The van der Waals surface area contributed by atoms with Gasteiger partial charge in [-0.3, -0.25) is 0 Å². The molecule has 1 aromatic rings. The molecule has 0 amide bonds. The van der Waals surface area contributed by atoms with Crippen molar-refractivity contribution in [1.29, 1.82) is 0 Å². The summed E-state index contributed by atoms with van der Waals surface area (Å²) >= 11 is 0. The third kappa shape index (κ3) is 4.36. The van der Waals surface area contributed by atoms with Crippen LogP contribution in [0.4, 0.5) is 13.2 Å². The van der Waals surface area contributed by atoms with Crippen LogP contribution < -0.4 is 5.32 Å². The first kappa shape index (κ1) is 14.0. The van der Waals surface area contributed by atoms with Crippen molar-refractivity contribution in [2.45, 2.75) is 26.4 Å². The van der Waals surface area contributed by atoms with Crippen LogP contribution in [0.2, 0.25) is 0 Å². The molecule has 1 unspecified atom stereocenters. The van der Waals surface area contributed by atoms with Gasteiger partial charge in [-0.25, -0.2) is 13.2 Å². The van der Waals surface area contributed by atoms with E-state index < -0.39 is 17.5 Å². The first-order chi connectivity index (χ1) is 8.04. The highest BCUT2D eigenvalue weighted by Crippen LogP contribution is 2.13. The molecule has 1 N–H and O–H groups in total. The molecule has 17 heavy (non-hydrogen) atoms. The molecule has 0 aromatic heterocycles. The predicted molar refractivity (Wildman–Crippen MR) is 59.1 cm³/mol. The summed E-state index contributed by atoms with van der Waals surface area (Å²) in [7, 11) is 0. The van der Waals surface area contributed by atoms with E-state index in [1.54, 1.807) is 0 Å². The van der Waals surface area contributed by atoms with Crippen LogP contribution in [0.3, 0.4) is 0 Å². The molecule has 2 nitrogen and oxygen atoms in total. The second-order valence-corrected chi connectivity index (χ2v) is 3.81. The zero-order valence-corrected chi connectivity index (χ0v) is 9.90. The second kappa shape index (κ2) is 6.61. The van der Waals surface area contributed by atoms with Crippen LogP contribution in [0.15, 0.2) is 12.1 Å². The van der Waals surface area contributed by atoms with Gasteiger partial charge in [-0.15, -0.1) is 0 Å². The maximum Gasteiger partial charge on any atom is 0.194 e. The Morgan fingerprint density at radius 3 is 2.35 bits per heavy atom. The minimum atomic E-state index is -1.43. The molecule has 0 spiro atoms. The Balaban J connectivity index is 2.52. The Bertz CT molecular complexity index is 348. The van der Waals surface area contributed by atoms with Gasteiger partial charge in [-0.2, -0.15) is 0 Å². The van der Waals surface area contributed by atoms with E-state index in [0.29, 0.717) is 18.8 Å². The predicted octanol–water partition coefficient (Wildman–Crippen LogP) is 2.62. The van der Waals surface area contributed by atoms with E-state index in [0.717, 1.165) is 12.1 Å². The van der Waals surface area contributed by atoms with Crippen molar-refractivity contribution in [2.75, 3.05) is 13.2 Å². The van der Waals surface area contributed by atoms with Crippen molar-refractivity contribution in [3.8, 4) is 0 Å². The van der Waals surface area contributed by atoms with Gasteiger partial charge in [0.05, 0.1) is 6.61 Å². The second-order valence-electron chi connectivity index (χ2n) is 3.81. The molecule has 0 saturated carbocycles. The molecule has 0 heterocycles. The van der Waals surface area contributed by atoms with Gasteiger partial charge in [-0.1, -0.05) is 0 Å². The first-order valence-corrected chi connectivity index (χ1v) is 5.49. The minimum absolute atomic E-state index is 0.0612. The number of benzene rings is 1. The SMILES string of the molecule is CCOCC(C)NCc1cc(F)c(F)c(F)c1. The lowest BCUT2D eigenvalue weighted by Gasteiger charge is -2.13. The molecule has 5 heteroatoms. The van der Waals surface area contributed by atoms with E-state index in [1.807, 2.05) is 13.8 Å². The summed E-state index contributed by atoms with van der Waals surface area (Å²) in [6, 6.07) is 2.03. The van der Waals surface area contributed by atoms with Crippen molar-refractivity contribution in [1.82, 2.24) is 5.32 Å². The Morgan fingerprint density at radius 1 is 1.24 bits per heavy atom. The summed E-state index contributed by atoms with van der Waals surface area (Å²) in [6.45, 7) is 5.18. The van der Waals surface area contributed by atoms with Crippen LogP contribution in [0.5, 0.6) is 0 Å². The summed E-state index contributed by atoms with van der Waals surface area (Å²) in [5, 5.41) is 3.03. The maximum atomic E-state index is 12.9. The van der Waals surface area contributed by atoms with Crippen LogP contribution in [-0.4, -0.2) is 19.3 Å². The fourth-order valence-corrected chi connectivity index (χ4v) is 1.36. The topological polar surface area (TPSA) is 21.3 Å². The number of ether oxygens (including phenoxy) is 1. The van der Waals surface area contributed by atoms with Gasteiger partial charge in [0.15, 0.2) is 17.5 Å². The zero-order valence-electron chi connectivity index (χ0n) is 9.90. The Morgan fingerprint density at radius 2 is 1.82 bits per heavy atom. The maximum absolute atomic E-state index is 12.9. The van der Waals surface area contributed by atoms with Crippen molar-refractivity contribution < 1.29 is 17.9 Å². The molecule has 1 rings (SSSR count). The molecule has 1 aromatic carbocycles. The van der Waals surface area contributed by atoms with E-state index in [-0.39, 0.29) is 12.6 Å². The quantitative estimate of drug-likeness (QED) is 0.780. The lowest BCUT2D eigenvalue weighted by Crippen LogP contribution is -2.30. The normalized spacial score (nSPS) is 12.8. The highest BCUT2D eigenvalue weighted by molar-refractivity contribution is 5.19. The number of hydrogen-bond donors (Lipinski definition) is 1. The fourth-order valence-electron chi connectivity index (χ4n) is 1.36. The van der Waals surface area contributed by atoms with E-state index in [4.69, 9.17) is 4.74 Å². The molecule has 0 radical (unpaired) electrons. The molecular formula is C12H16F3NO. The molecule has 0 aliphatic heterocycles. The highest BCUT2D eigenvalue weighted by Gasteiger charge is 2.10. The van der Waals surface area contributed by atoms with Crippen molar-refractivity contribution in [2.24, 2.45) is 0 Å². The number of nitrogens with one attached hydrogen (secondary N) is 1. The van der Waals surface area contributed by atoms with Crippen LogP contribution in [0.25, 0.3) is 0 Å². The smallest absolute Gasteiger partial charge is 0.194 e. The fraction of sp³-hybridized carbons (Fsp3) is 0.500. The Hall–Kier alpha value is -1.07. The standard InChI is InChI=1S/C12H16F3NO/c1-3-17-7-8(2)16-6-9-4-10(13)12(15)11(14)5-9/h4-5,8,16H,3,6-7H2,1-2H3. The van der Waals surface area contributed by atoms with Crippen LogP contribution in [0.1, 0.15) is 19.4 Å². The van der Waals surface area contributed by atoms with Gasteiger partial charge < -0.3 is 10.1 Å². The lowest BCUT2D eigenvalue weighted by atomic mass is 10.2. The van der Waals surface area contributed by atoms with Crippen LogP contribution in [0, 0.1) is 17.5 Å². The van der Waals surface area contributed by atoms with E-state index in [1.165, 1.54) is 0 Å². The van der Waals surface area contributed by atoms with Gasteiger partial charge in [-0.05, 0) is 31.5 Å². The average molecular weight is 247 g/mol. The largest absolute Gasteiger partial charge is 0.380 e. The molecule has 0 aliphatic carbocycles. The molecule has 0 bridgehead atoms. The van der Waals surface area contributed by atoms with Crippen molar-refractivity contribution >= 4 is 0 Å². The Labute approximate surface area is 98.8 Å². The van der Waals surface area contributed by atoms with Crippen LogP contribution >= 0.6 is 0 Å². The first-order valence-electron chi connectivity index (χ1n) is 5.49. The molecule has 0 saturated heterocycles. The molecular weight excluding hydrogens is 231 g/mol. The average Bonchev–Trinajstić information content (AvgIpc) is 2.30. The zero-order chi connectivity index (χ0) is 12.8. The van der Waals surface area contributed by atoms with E-state index >= 15 is 0 Å². The third-order valence-corrected chi connectivity index (χ3v) is 2.27. The number of halogens is 3. The summed E-state index contributed by atoms with van der Waals surface area (Å²) in [6.07, 6.45) is 0. The van der Waals surface area contributed by atoms with Crippen molar-refractivity contribution in [3.63, 3.8) is 0 Å². The highest BCUT2D eigenvalue weighted by atomic mass is 19.2. The number of hydrogen-bond acceptors (Lipinski definition) is 2. The van der Waals surface area contributed by atoms with E-state index in [2.05, 4.69) is 5.32 Å². The molecule has 96 valence electrons. The van der Waals surface area contributed by atoms with Gasteiger partial charge in [0.2, 0.25) is 0 Å². The minimum Gasteiger partial charge on any atom is -0.380 e. The van der Waals surface area contributed by atoms with Crippen LogP contribution in [-0.2, 0) is 11.3 Å². The van der Waals surface area contributed by atoms with Gasteiger partial charge in [0.25, 0.3) is 0 Å². The van der Waals surface area contributed by atoms with Gasteiger partial charge in [0, 0.05) is 19.2 Å². The Kier molecular flexibility index (Phi) is 5.44. The summed E-state index contributed by atoms with van der Waals surface area (Å²) in [4.78, 5) is 0. The molecule has 1 atom stereocenters.